The number of unbranched alkanes of at least 4 members (excludes halogenated alkanes) is 5. The molecule has 0 saturated carbocycles. The lowest BCUT2D eigenvalue weighted by Gasteiger charge is -2.28. The van der Waals surface area contributed by atoms with Gasteiger partial charge in [-0.15, -0.1) is 0 Å². The number of hydrogen-bond donors (Lipinski definition) is 5. The van der Waals surface area contributed by atoms with Gasteiger partial charge in [0.25, 0.3) is 0 Å². The van der Waals surface area contributed by atoms with Crippen LogP contribution in [-0.4, -0.2) is 81.0 Å². The van der Waals surface area contributed by atoms with Gasteiger partial charge in [0.15, 0.2) is 0 Å². The maximum absolute atomic E-state index is 11.9. The minimum absolute atomic E-state index is 0.135. The summed E-state index contributed by atoms with van der Waals surface area (Å²) in [7, 11) is 1.52. The predicted octanol–water partition coefficient (Wildman–Crippen LogP) is -0.369. The van der Waals surface area contributed by atoms with E-state index in [1.807, 2.05) is 0 Å². The summed E-state index contributed by atoms with van der Waals surface area (Å²) >= 11 is 0. The fourth-order valence-electron chi connectivity index (χ4n) is 2.30. The molecule has 1 amide bonds. The van der Waals surface area contributed by atoms with Crippen LogP contribution >= 0.6 is 0 Å². The van der Waals surface area contributed by atoms with E-state index in [1.54, 1.807) is 0 Å². The highest BCUT2D eigenvalue weighted by molar-refractivity contribution is 5.75. The average molecular weight is 335 g/mol. The van der Waals surface area contributed by atoms with Crippen LogP contribution in [-0.2, 0) is 4.79 Å². The molecule has 138 valence electrons. The number of rotatable bonds is 13. The highest BCUT2D eigenvalue weighted by Gasteiger charge is 2.31. The molecule has 0 aromatic heterocycles. The van der Waals surface area contributed by atoms with E-state index in [9.17, 15) is 25.2 Å². The summed E-state index contributed by atoms with van der Waals surface area (Å²) in [5.41, 5.74) is 0. The number of aliphatic hydroxyl groups excluding tert-OH is 5. The van der Waals surface area contributed by atoms with Gasteiger partial charge in [-0.2, -0.15) is 0 Å². The molecule has 0 aliphatic carbocycles. The van der Waals surface area contributed by atoms with Crippen LogP contribution in [0, 0.1) is 0 Å². The van der Waals surface area contributed by atoms with Crippen molar-refractivity contribution < 1.29 is 30.3 Å². The van der Waals surface area contributed by atoms with Crippen molar-refractivity contribution in [3.63, 3.8) is 0 Å². The fourth-order valence-corrected chi connectivity index (χ4v) is 2.30. The van der Waals surface area contributed by atoms with Crippen molar-refractivity contribution in [3.05, 3.63) is 0 Å². The van der Waals surface area contributed by atoms with Gasteiger partial charge in [-0.1, -0.05) is 39.0 Å². The number of amides is 1. The van der Waals surface area contributed by atoms with Crippen LogP contribution in [0.2, 0.25) is 0 Å². The Hall–Kier alpha value is -0.730. The summed E-state index contributed by atoms with van der Waals surface area (Å²) in [4.78, 5) is 13.2. The second kappa shape index (κ2) is 12.7. The largest absolute Gasteiger partial charge is 0.394 e. The number of nitrogens with zero attached hydrogens (tertiary/aromatic N) is 1. The van der Waals surface area contributed by atoms with Gasteiger partial charge in [-0.05, 0) is 6.42 Å². The zero-order valence-corrected chi connectivity index (χ0v) is 14.3. The van der Waals surface area contributed by atoms with Gasteiger partial charge < -0.3 is 30.4 Å². The minimum atomic E-state index is -1.67. The van der Waals surface area contributed by atoms with Crippen LogP contribution in [0.3, 0.4) is 0 Å². The molecule has 4 atom stereocenters. The molecule has 0 aliphatic rings. The van der Waals surface area contributed by atoms with E-state index in [0.717, 1.165) is 19.3 Å². The maximum atomic E-state index is 11.9. The molecule has 0 fully saturated rings. The monoisotopic (exact) mass is 335 g/mol. The van der Waals surface area contributed by atoms with E-state index in [0.29, 0.717) is 6.42 Å². The van der Waals surface area contributed by atoms with Crippen LogP contribution in [0.4, 0.5) is 0 Å². The Bertz CT molecular complexity index is 315. The van der Waals surface area contributed by atoms with E-state index in [-0.39, 0.29) is 12.5 Å². The molecule has 7 nitrogen and oxygen atoms in total. The topological polar surface area (TPSA) is 121 Å². The lowest BCUT2D eigenvalue weighted by Crippen LogP contribution is -2.49. The molecule has 7 heteroatoms. The smallest absolute Gasteiger partial charge is 0.222 e. The zero-order chi connectivity index (χ0) is 17.8. The minimum Gasteiger partial charge on any atom is -0.394 e. The molecule has 0 aliphatic heterocycles. The molecular formula is C16H33NO6. The summed E-state index contributed by atoms with van der Waals surface area (Å²) in [6.45, 7) is 1.28. The molecule has 0 unspecified atom stereocenters. The summed E-state index contributed by atoms with van der Waals surface area (Å²) in [6.07, 6.45) is 0.593. The number of likely N-dealkylation sites (N-methyl/N-ethyl adjacent to an activating group) is 1. The zero-order valence-electron chi connectivity index (χ0n) is 14.3. The first-order valence-corrected chi connectivity index (χ1v) is 8.42. The Kier molecular flexibility index (Phi) is 12.3. The normalized spacial score (nSPS) is 16.7. The van der Waals surface area contributed by atoms with Crippen molar-refractivity contribution in [2.45, 2.75) is 76.3 Å². The van der Waals surface area contributed by atoms with Crippen LogP contribution in [0.1, 0.15) is 51.9 Å². The summed E-state index contributed by atoms with van der Waals surface area (Å²) in [5.74, 6) is -0.135. The summed E-state index contributed by atoms with van der Waals surface area (Å²) in [6, 6.07) is 0. The van der Waals surface area contributed by atoms with Crippen molar-refractivity contribution in [1.82, 2.24) is 4.90 Å². The van der Waals surface area contributed by atoms with Gasteiger partial charge in [0.2, 0.25) is 5.91 Å². The molecular weight excluding hydrogens is 302 g/mol. The van der Waals surface area contributed by atoms with E-state index in [2.05, 4.69) is 6.92 Å². The van der Waals surface area contributed by atoms with Gasteiger partial charge in [-0.3, -0.25) is 4.79 Å². The van der Waals surface area contributed by atoms with Crippen LogP contribution in [0.15, 0.2) is 0 Å². The number of aliphatic hydroxyl groups is 5. The fraction of sp³-hybridized carbons (Fsp3) is 0.938. The van der Waals surface area contributed by atoms with Gasteiger partial charge in [-0.25, -0.2) is 0 Å². The lowest BCUT2D eigenvalue weighted by molar-refractivity contribution is -0.138. The molecule has 0 radical (unpaired) electrons. The van der Waals surface area contributed by atoms with Gasteiger partial charge in [0.05, 0.1) is 6.61 Å². The van der Waals surface area contributed by atoms with Crippen molar-refractivity contribution in [2.75, 3.05) is 20.2 Å². The third-order valence-electron chi connectivity index (χ3n) is 3.96. The highest BCUT2D eigenvalue weighted by atomic mass is 16.4. The molecule has 23 heavy (non-hydrogen) atoms. The SMILES string of the molecule is CCCCCCCCC(=O)N(C)C[C@H](O)[C@H](O)[C@H](O)[C@@H](O)CO. The van der Waals surface area contributed by atoms with Gasteiger partial charge in [0, 0.05) is 20.0 Å². The van der Waals surface area contributed by atoms with Crippen molar-refractivity contribution >= 4 is 5.91 Å². The van der Waals surface area contributed by atoms with Crippen LogP contribution < -0.4 is 0 Å². The van der Waals surface area contributed by atoms with Crippen molar-refractivity contribution in [1.29, 1.82) is 0 Å². The van der Waals surface area contributed by atoms with E-state index >= 15 is 0 Å². The van der Waals surface area contributed by atoms with E-state index < -0.39 is 31.0 Å². The number of carbonyl (C=O) groups is 1. The third kappa shape index (κ3) is 9.22. The summed E-state index contributed by atoms with van der Waals surface area (Å²) < 4.78 is 0. The second-order valence-corrected chi connectivity index (χ2v) is 6.09. The van der Waals surface area contributed by atoms with Crippen molar-refractivity contribution in [3.8, 4) is 0 Å². The van der Waals surface area contributed by atoms with E-state index in [4.69, 9.17) is 5.11 Å². The Morgan fingerprint density at radius 2 is 1.43 bits per heavy atom. The molecule has 5 N–H and O–H groups in total. The Labute approximate surface area is 138 Å². The highest BCUT2D eigenvalue weighted by Crippen LogP contribution is 2.10. The molecule has 0 rings (SSSR count). The van der Waals surface area contributed by atoms with Gasteiger partial charge in [0.1, 0.15) is 24.4 Å². The molecule has 0 saturated heterocycles. The quantitative estimate of drug-likeness (QED) is 0.293. The van der Waals surface area contributed by atoms with Crippen molar-refractivity contribution in [2.24, 2.45) is 0 Å². The second-order valence-electron chi connectivity index (χ2n) is 6.09. The first-order valence-electron chi connectivity index (χ1n) is 8.42. The van der Waals surface area contributed by atoms with E-state index in [1.165, 1.54) is 31.2 Å². The molecule has 0 heterocycles. The third-order valence-corrected chi connectivity index (χ3v) is 3.96. The number of hydrogen-bond acceptors (Lipinski definition) is 6. The predicted molar refractivity (Wildman–Crippen MR) is 86.7 cm³/mol. The Balaban J connectivity index is 4.05. The standard InChI is InChI=1S/C16H33NO6/c1-3-4-5-6-7-8-9-14(21)17(2)10-12(19)15(22)16(23)13(20)11-18/h12-13,15-16,18-20,22-23H,3-11H2,1-2H3/t12-,13-,15-,16+/m0/s1. The first-order chi connectivity index (χ1) is 10.8. The maximum Gasteiger partial charge on any atom is 0.222 e. The molecule has 0 spiro atoms. The Morgan fingerprint density at radius 1 is 0.913 bits per heavy atom. The first kappa shape index (κ1) is 22.3. The van der Waals surface area contributed by atoms with Gasteiger partial charge >= 0.3 is 0 Å². The van der Waals surface area contributed by atoms with Crippen LogP contribution in [0.25, 0.3) is 0 Å². The molecule has 0 aromatic rings. The van der Waals surface area contributed by atoms with Crippen LogP contribution in [0.5, 0.6) is 0 Å². The molecule has 0 aromatic carbocycles. The molecule has 0 bridgehead atoms. The summed E-state index contributed by atoms with van der Waals surface area (Å²) in [5, 5.41) is 47.0. The Morgan fingerprint density at radius 3 is 2.00 bits per heavy atom. The average Bonchev–Trinajstić information content (AvgIpc) is 2.55. The lowest BCUT2D eigenvalue weighted by atomic mass is 10.0. The number of carbonyl (C=O) groups excluding carboxylic acids is 1.